The molecule has 2 atom stereocenters. The molecule has 1 fully saturated rings. The summed E-state index contributed by atoms with van der Waals surface area (Å²) >= 11 is 0. The van der Waals surface area contributed by atoms with Gasteiger partial charge < -0.3 is 0 Å². The van der Waals surface area contributed by atoms with Gasteiger partial charge in [0.1, 0.15) is 0 Å². The zero-order chi connectivity index (χ0) is 12.2. The Kier molecular flexibility index (Phi) is 5.22. The molecule has 0 radical (unpaired) electrons. The molecule has 3 heteroatoms. The molecular weight excluding hydrogens is 198 g/mol. The summed E-state index contributed by atoms with van der Waals surface area (Å²) in [5, 5.41) is 0. The number of nitrogens with zero attached hydrogens (tertiary/aromatic N) is 1. The van der Waals surface area contributed by atoms with Crippen LogP contribution in [0.4, 0.5) is 0 Å². The van der Waals surface area contributed by atoms with Gasteiger partial charge in [0.25, 0.3) is 0 Å². The number of rotatable bonds is 5. The monoisotopic (exact) mass is 227 g/mol. The van der Waals surface area contributed by atoms with Crippen LogP contribution in [0.15, 0.2) is 0 Å². The maximum atomic E-state index is 5.77. The van der Waals surface area contributed by atoms with Crippen molar-refractivity contribution in [3.63, 3.8) is 0 Å². The van der Waals surface area contributed by atoms with Crippen molar-refractivity contribution in [2.75, 3.05) is 13.1 Å². The molecule has 0 spiro atoms. The maximum Gasteiger partial charge on any atom is 0.0414 e. The van der Waals surface area contributed by atoms with E-state index in [1.165, 1.54) is 38.8 Å². The predicted molar refractivity (Wildman–Crippen MR) is 70.1 cm³/mol. The van der Waals surface area contributed by atoms with Gasteiger partial charge in [0.05, 0.1) is 0 Å². The third kappa shape index (κ3) is 2.96. The van der Waals surface area contributed by atoms with Crippen molar-refractivity contribution in [1.82, 2.24) is 10.3 Å². The molecule has 1 heterocycles. The van der Waals surface area contributed by atoms with Crippen molar-refractivity contribution < 1.29 is 0 Å². The summed E-state index contributed by atoms with van der Waals surface area (Å²) in [6, 6.07) is 0.371. The quantitative estimate of drug-likeness (QED) is 0.558. The molecular formula is C13H29N3. The van der Waals surface area contributed by atoms with Gasteiger partial charge in [-0.25, -0.2) is 0 Å². The highest BCUT2D eigenvalue weighted by Gasteiger charge is 2.37. The molecule has 96 valence electrons. The molecule has 0 aliphatic carbocycles. The zero-order valence-electron chi connectivity index (χ0n) is 11.4. The first-order valence-corrected chi connectivity index (χ1v) is 6.75. The lowest BCUT2D eigenvalue weighted by Gasteiger charge is -2.47. The minimum absolute atomic E-state index is 0.157. The molecule has 3 N–H and O–H groups in total. The molecule has 2 unspecified atom stereocenters. The van der Waals surface area contributed by atoms with E-state index >= 15 is 0 Å². The molecule has 1 rings (SSSR count). The third-order valence-electron chi connectivity index (χ3n) is 4.32. The maximum absolute atomic E-state index is 5.77. The van der Waals surface area contributed by atoms with Crippen LogP contribution in [0.1, 0.15) is 53.4 Å². The van der Waals surface area contributed by atoms with E-state index in [4.69, 9.17) is 5.84 Å². The van der Waals surface area contributed by atoms with Crippen molar-refractivity contribution in [2.45, 2.75) is 65.0 Å². The average Bonchev–Trinajstić information content (AvgIpc) is 2.30. The van der Waals surface area contributed by atoms with Crippen LogP contribution in [0.25, 0.3) is 0 Å². The van der Waals surface area contributed by atoms with Crippen LogP contribution in [0.3, 0.4) is 0 Å². The summed E-state index contributed by atoms with van der Waals surface area (Å²) in [5.74, 6) is 6.38. The number of piperidine rings is 1. The van der Waals surface area contributed by atoms with Crippen LogP contribution in [0, 0.1) is 5.92 Å². The second-order valence-corrected chi connectivity index (χ2v) is 5.73. The highest BCUT2D eigenvalue weighted by atomic mass is 15.3. The largest absolute Gasteiger partial charge is 0.297 e. The Morgan fingerprint density at radius 2 is 1.81 bits per heavy atom. The van der Waals surface area contributed by atoms with Gasteiger partial charge in [-0.2, -0.15) is 0 Å². The predicted octanol–water partition coefficient (Wildman–Crippen LogP) is 2.13. The molecule has 1 aliphatic heterocycles. The van der Waals surface area contributed by atoms with E-state index in [0.717, 1.165) is 0 Å². The lowest BCUT2D eigenvalue weighted by Crippen LogP contribution is -2.62. The molecule has 0 saturated carbocycles. The fraction of sp³-hybridized carbons (Fsp3) is 1.00. The summed E-state index contributed by atoms with van der Waals surface area (Å²) in [4.78, 5) is 2.60. The van der Waals surface area contributed by atoms with E-state index in [-0.39, 0.29) is 5.54 Å². The Labute approximate surface area is 101 Å². The van der Waals surface area contributed by atoms with E-state index in [2.05, 4.69) is 38.0 Å². The first kappa shape index (κ1) is 13.9. The Bertz CT molecular complexity index is 197. The molecule has 0 amide bonds. The van der Waals surface area contributed by atoms with E-state index in [9.17, 15) is 0 Å². The summed E-state index contributed by atoms with van der Waals surface area (Å²) < 4.78 is 0. The zero-order valence-corrected chi connectivity index (χ0v) is 11.4. The molecule has 0 aromatic carbocycles. The summed E-state index contributed by atoms with van der Waals surface area (Å²) in [5.41, 5.74) is 3.21. The molecule has 3 nitrogen and oxygen atoms in total. The van der Waals surface area contributed by atoms with Gasteiger partial charge in [-0.1, -0.05) is 26.7 Å². The second kappa shape index (κ2) is 5.99. The molecule has 1 aliphatic rings. The smallest absolute Gasteiger partial charge is 0.0414 e. The van der Waals surface area contributed by atoms with E-state index < -0.39 is 0 Å². The van der Waals surface area contributed by atoms with Crippen LogP contribution in [-0.4, -0.2) is 29.6 Å². The van der Waals surface area contributed by atoms with E-state index in [0.29, 0.717) is 12.0 Å². The third-order valence-corrected chi connectivity index (χ3v) is 4.32. The average molecular weight is 227 g/mol. The number of hydrogen-bond acceptors (Lipinski definition) is 3. The van der Waals surface area contributed by atoms with Crippen LogP contribution >= 0.6 is 0 Å². The van der Waals surface area contributed by atoms with Crippen molar-refractivity contribution in [3.05, 3.63) is 0 Å². The van der Waals surface area contributed by atoms with Gasteiger partial charge >= 0.3 is 0 Å². The molecule has 0 aromatic rings. The lowest BCUT2D eigenvalue weighted by atomic mass is 9.82. The van der Waals surface area contributed by atoms with Gasteiger partial charge in [-0.05, 0) is 45.7 Å². The van der Waals surface area contributed by atoms with Crippen molar-refractivity contribution >= 4 is 0 Å². The number of hydrogen-bond donors (Lipinski definition) is 2. The highest BCUT2D eigenvalue weighted by molar-refractivity contribution is 4.95. The SMILES string of the molecule is CCC(C)C(NN)C(C)(C)N1CCCCC1. The van der Waals surface area contributed by atoms with E-state index in [1.807, 2.05) is 0 Å². The van der Waals surface area contributed by atoms with Gasteiger partial charge in [0.15, 0.2) is 0 Å². The van der Waals surface area contributed by atoms with Gasteiger partial charge in [-0.15, -0.1) is 0 Å². The molecule has 0 bridgehead atoms. The Morgan fingerprint density at radius 3 is 2.25 bits per heavy atom. The van der Waals surface area contributed by atoms with Gasteiger partial charge in [0, 0.05) is 11.6 Å². The van der Waals surface area contributed by atoms with Crippen LogP contribution < -0.4 is 11.3 Å². The normalized spacial score (nSPS) is 23.1. The number of likely N-dealkylation sites (tertiary alicyclic amines) is 1. The molecule has 16 heavy (non-hydrogen) atoms. The lowest BCUT2D eigenvalue weighted by molar-refractivity contribution is 0.0422. The highest BCUT2D eigenvalue weighted by Crippen LogP contribution is 2.28. The van der Waals surface area contributed by atoms with Gasteiger partial charge in [-0.3, -0.25) is 16.2 Å². The molecule has 1 saturated heterocycles. The number of nitrogens with one attached hydrogen (secondary N) is 1. The van der Waals surface area contributed by atoms with Crippen molar-refractivity contribution in [2.24, 2.45) is 11.8 Å². The second-order valence-electron chi connectivity index (χ2n) is 5.73. The number of nitrogens with two attached hydrogens (primary N) is 1. The van der Waals surface area contributed by atoms with Crippen molar-refractivity contribution in [1.29, 1.82) is 0 Å². The first-order chi connectivity index (χ1) is 7.54. The Balaban J connectivity index is 2.71. The van der Waals surface area contributed by atoms with E-state index in [1.54, 1.807) is 0 Å². The fourth-order valence-corrected chi connectivity index (χ4v) is 2.97. The minimum atomic E-state index is 0.157. The van der Waals surface area contributed by atoms with Gasteiger partial charge in [0.2, 0.25) is 0 Å². The minimum Gasteiger partial charge on any atom is -0.297 e. The fourth-order valence-electron chi connectivity index (χ4n) is 2.97. The Hall–Kier alpha value is -0.120. The van der Waals surface area contributed by atoms with Crippen LogP contribution in [-0.2, 0) is 0 Å². The first-order valence-electron chi connectivity index (χ1n) is 6.75. The number of hydrazine groups is 1. The summed E-state index contributed by atoms with van der Waals surface area (Å²) in [7, 11) is 0. The molecule has 0 aromatic heterocycles. The van der Waals surface area contributed by atoms with Crippen molar-refractivity contribution in [3.8, 4) is 0 Å². The van der Waals surface area contributed by atoms with Crippen LogP contribution in [0.5, 0.6) is 0 Å². The topological polar surface area (TPSA) is 41.3 Å². The van der Waals surface area contributed by atoms with Crippen LogP contribution in [0.2, 0.25) is 0 Å². The summed E-state index contributed by atoms with van der Waals surface area (Å²) in [6.07, 6.45) is 5.23. The summed E-state index contributed by atoms with van der Waals surface area (Å²) in [6.45, 7) is 11.6. The Morgan fingerprint density at radius 1 is 1.25 bits per heavy atom. The standard InChI is InChI=1S/C13H29N3/c1-5-11(2)12(15-14)13(3,4)16-9-7-6-8-10-16/h11-12,15H,5-10,14H2,1-4H3.